The molecule has 0 aliphatic carbocycles. The van der Waals surface area contributed by atoms with Gasteiger partial charge < -0.3 is 4.74 Å². The van der Waals surface area contributed by atoms with Crippen molar-refractivity contribution in [2.24, 2.45) is 7.05 Å². The van der Waals surface area contributed by atoms with E-state index in [1.807, 2.05) is 6.92 Å². The van der Waals surface area contributed by atoms with Crippen molar-refractivity contribution in [1.82, 2.24) is 9.78 Å². The summed E-state index contributed by atoms with van der Waals surface area (Å²) in [6, 6.07) is 0. The topological polar surface area (TPSA) is 44.1 Å². The van der Waals surface area contributed by atoms with Crippen molar-refractivity contribution in [2.45, 2.75) is 13.8 Å². The zero-order valence-electron chi connectivity index (χ0n) is 8.70. The maximum absolute atomic E-state index is 11.3. The van der Waals surface area contributed by atoms with Crippen molar-refractivity contribution in [3.63, 3.8) is 0 Å². The minimum atomic E-state index is -0.386. The number of ether oxygens (including phenoxy) is 1. The highest BCUT2D eigenvalue weighted by molar-refractivity contribution is 6.15. The molecule has 1 rings (SSSR count). The number of aromatic nitrogens is 2. The molecule has 0 amide bonds. The van der Waals surface area contributed by atoms with Crippen molar-refractivity contribution in [1.29, 1.82) is 0 Å². The number of hydrogen-bond donors (Lipinski definition) is 0. The Morgan fingerprint density at radius 1 is 1.71 bits per heavy atom. The molecule has 0 spiro atoms. The maximum Gasteiger partial charge on any atom is 0.338 e. The van der Waals surface area contributed by atoms with Gasteiger partial charge in [0.15, 0.2) is 0 Å². The summed E-state index contributed by atoms with van der Waals surface area (Å²) >= 11 is 0. The van der Waals surface area contributed by atoms with Crippen LogP contribution in [-0.4, -0.2) is 22.4 Å². The molecule has 0 radical (unpaired) electrons. The Kier molecular flexibility index (Phi) is 3.06. The zero-order valence-corrected chi connectivity index (χ0v) is 8.70. The molecule has 4 nitrogen and oxygen atoms in total. The van der Waals surface area contributed by atoms with Crippen molar-refractivity contribution in [2.75, 3.05) is 6.61 Å². The molecule has 14 heavy (non-hydrogen) atoms. The summed E-state index contributed by atoms with van der Waals surface area (Å²) in [5.41, 5.74) is 1.88. The van der Waals surface area contributed by atoms with Crippen LogP contribution >= 0.6 is 0 Å². The Balaban J connectivity index is 2.89. The molecule has 0 unspecified atom stereocenters. The number of esters is 1. The summed E-state index contributed by atoms with van der Waals surface area (Å²) in [5.74, 6) is -0.386. The van der Waals surface area contributed by atoms with E-state index in [2.05, 4.69) is 11.7 Å². The predicted molar refractivity (Wildman–Crippen MR) is 53.6 cm³/mol. The van der Waals surface area contributed by atoms with Crippen LogP contribution in [0.25, 0.3) is 5.57 Å². The van der Waals surface area contributed by atoms with E-state index in [-0.39, 0.29) is 5.97 Å². The highest BCUT2D eigenvalue weighted by Crippen LogP contribution is 2.16. The molecular weight excluding hydrogens is 180 g/mol. The van der Waals surface area contributed by atoms with Crippen LogP contribution < -0.4 is 0 Å². The van der Waals surface area contributed by atoms with Crippen LogP contribution in [0.4, 0.5) is 0 Å². The van der Waals surface area contributed by atoms with Gasteiger partial charge in [-0.2, -0.15) is 5.10 Å². The van der Waals surface area contributed by atoms with Gasteiger partial charge in [-0.25, -0.2) is 4.79 Å². The third-order valence-corrected chi connectivity index (χ3v) is 1.86. The molecule has 1 aromatic rings. The fourth-order valence-electron chi connectivity index (χ4n) is 1.22. The third kappa shape index (κ3) is 2.02. The molecule has 0 bridgehead atoms. The van der Waals surface area contributed by atoms with Gasteiger partial charge >= 0.3 is 5.97 Å². The van der Waals surface area contributed by atoms with Crippen molar-refractivity contribution in [3.05, 3.63) is 24.0 Å². The van der Waals surface area contributed by atoms with Gasteiger partial charge in [-0.1, -0.05) is 6.58 Å². The molecule has 0 aliphatic rings. The number of carbonyl (C=O) groups is 1. The largest absolute Gasteiger partial charge is 0.462 e. The molecule has 0 N–H and O–H groups in total. The lowest BCUT2D eigenvalue weighted by atomic mass is 10.1. The summed E-state index contributed by atoms with van der Waals surface area (Å²) in [6.45, 7) is 7.65. The third-order valence-electron chi connectivity index (χ3n) is 1.86. The lowest BCUT2D eigenvalue weighted by Gasteiger charge is -2.02. The Morgan fingerprint density at radius 3 is 2.79 bits per heavy atom. The SMILES string of the molecule is C=C(C(=O)OCC)c1cn(C)nc1C. The summed E-state index contributed by atoms with van der Waals surface area (Å²) < 4.78 is 6.49. The van der Waals surface area contributed by atoms with Crippen molar-refractivity contribution < 1.29 is 9.53 Å². The van der Waals surface area contributed by atoms with Gasteiger partial charge in [0, 0.05) is 18.8 Å². The average Bonchev–Trinajstić information content (AvgIpc) is 2.44. The van der Waals surface area contributed by atoms with Crippen LogP contribution in [0.2, 0.25) is 0 Å². The van der Waals surface area contributed by atoms with Gasteiger partial charge in [0.1, 0.15) is 0 Å². The smallest absolute Gasteiger partial charge is 0.338 e. The average molecular weight is 194 g/mol. The fourth-order valence-corrected chi connectivity index (χ4v) is 1.22. The van der Waals surface area contributed by atoms with Gasteiger partial charge in [-0.05, 0) is 13.8 Å². The fraction of sp³-hybridized carbons (Fsp3) is 0.400. The van der Waals surface area contributed by atoms with E-state index in [1.165, 1.54) is 0 Å². The van der Waals surface area contributed by atoms with Crippen molar-refractivity contribution >= 4 is 11.5 Å². The first kappa shape index (κ1) is 10.5. The number of rotatable bonds is 3. The van der Waals surface area contributed by atoms with E-state index in [1.54, 1.807) is 24.9 Å². The van der Waals surface area contributed by atoms with Crippen LogP contribution in [0, 0.1) is 6.92 Å². The summed E-state index contributed by atoms with van der Waals surface area (Å²) in [5, 5.41) is 4.12. The predicted octanol–water partition coefficient (Wildman–Crippen LogP) is 1.30. The van der Waals surface area contributed by atoms with Gasteiger partial charge in [0.25, 0.3) is 0 Å². The monoisotopic (exact) mass is 194 g/mol. The Labute approximate surface area is 83.2 Å². The summed E-state index contributed by atoms with van der Waals surface area (Å²) in [6.07, 6.45) is 1.76. The second-order valence-electron chi connectivity index (χ2n) is 3.00. The standard InChI is InChI=1S/C10H14N2O2/c1-5-14-10(13)7(2)9-6-12(4)11-8(9)3/h6H,2,5H2,1,3-4H3. The highest BCUT2D eigenvalue weighted by Gasteiger charge is 2.14. The van der Waals surface area contributed by atoms with Gasteiger partial charge in [0.2, 0.25) is 0 Å². The molecular formula is C10H14N2O2. The summed E-state index contributed by atoms with van der Waals surface area (Å²) in [7, 11) is 1.80. The molecule has 0 aromatic carbocycles. The Morgan fingerprint density at radius 2 is 2.36 bits per heavy atom. The molecule has 0 fully saturated rings. The van der Waals surface area contributed by atoms with E-state index in [0.29, 0.717) is 12.2 Å². The van der Waals surface area contributed by atoms with E-state index < -0.39 is 0 Å². The molecule has 1 heterocycles. The van der Waals surface area contributed by atoms with Crippen LogP contribution in [0.1, 0.15) is 18.2 Å². The molecule has 0 saturated carbocycles. The zero-order chi connectivity index (χ0) is 10.7. The summed E-state index contributed by atoms with van der Waals surface area (Å²) in [4.78, 5) is 11.3. The minimum absolute atomic E-state index is 0.358. The molecule has 0 saturated heterocycles. The van der Waals surface area contributed by atoms with E-state index >= 15 is 0 Å². The normalized spacial score (nSPS) is 9.93. The van der Waals surface area contributed by atoms with Crippen LogP contribution in [0.5, 0.6) is 0 Å². The van der Waals surface area contributed by atoms with Gasteiger partial charge in [-0.3, -0.25) is 4.68 Å². The number of carbonyl (C=O) groups excluding carboxylic acids is 1. The number of aryl methyl sites for hydroxylation is 2. The van der Waals surface area contributed by atoms with E-state index in [9.17, 15) is 4.79 Å². The molecule has 0 atom stereocenters. The maximum atomic E-state index is 11.3. The lowest BCUT2D eigenvalue weighted by molar-refractivity contribution is -0.136. The lowest BCUT2D eigenvalue weighted by Crippen LogP contribution is -2.06. The molecule has 76 valence electrons. The number of nitrogens with zero attached hydrogens (tertiary/aromatic N) is 2. The van der Waals surface area contributed by atoms with Crippen LogP contribution in [0.15, 0.2) is 12.8 Å². The second-order valence-corrected chi connectivity index (χ2v) is 3.00. The molecule has 1 aromatic heterocycles. The molecule has 0 aliphatic heterocycles. The molecule has 4 heteroatoms. The quantitative estimate of drug-likeness (QED) is 0.538. The first-order chi connectivity index (χ1) is 6.56. The highest BCUT2D eigenvalue weighted by atomic mass is 16.5. The Bertz CT molecular complexity index is 366. The number of hydrogen-bond acceptors (Lipinski definition) is 3. The van der Waals surface area contributed by atoms with Gasteiger partial charge in [0.05, 0.1) is 17.9 Å². The van der Waals surface area contributed by atoms with Crippen LogP contribution in [0.3, 0.4) is 0 Å². The van der Waals surface area contributed by atoms with Gasteiger partial charge in [-0.15, -0.1) is 0 Å². The van der Waals surface area contributed by atoms with Crippen LogP contribution in [-0.2, 0) is 16.6 Å². The first-order valence-electron chi connectivity index (χ1n) is 4.43. The van der Waals surface area contributed by atoms with Crippen molar-refractivity contribution in [3.8, 4) is 0 Å². The van der Waals surface area contributed by atoms with E-state index in [4.69, 9.17) is 4.74 Å². The second kappa shape index (κ2) is 4.09. The minimum Gasteiger partial charge on any atom is -0.462 e. The van der Waals surface area contributed by atoms with E-state index in [0.717, 1.165) is 11.3 Å². The first-order valence-corrected chi connectivity index (χ1v) is 4.43. The Hall–Kier alpha value is -1.58.